The van der Waals surface area contributed by atoms with Gasteiger partial charge in [-0.1, -0.05) is 18.2 Å². The van der Waals surface area contributed by atoms with Crippen molar-refractivity contribution >= 4 is 26.9 Å². The van der Waals surface area contributed by atoms with Gasteiger partial charge in [-0.15, -0.1) is 11.3 Å². The molecule has 2 rings (SSSR count). The zero-order valence-corrected chi connectivity index (χ0v) is 13.3. The summed E-state index contributed by atoms with van der Waals surface area (Å²) in [4.78, 5) is -0.638. The fraction of sp³-hybridized carbons (Fsp3) is 0.286. The fourth-order valence-corrected chi connectivity index (χ4v) is 3.63. The van der Waals surface area contributed by atoms with Gasteiger partial charge in [0.1, 0.15) is 4.88 Å². The SMILES string of the molecule is CS(=O)(=O)Cc1ccccc1NCc1ccsc1C(F)(F)F. The Kier molecular flexibility index (Phi) is 4.81. The zero-order valence-electron chi connectivity index (χ0n) is 11.6. The summed E-state index contributed by atoms with van der Waals surface area (Å²) >= 11 is 0.645. The number of benzene rings is 1. The van der Waals surface area contributed by atoms with Crippen molar-refractivity contribution in [3.05, 3.63) is 51.7 Å². The Morgan fingerprint density at radius 2 is 1.82 bits per heavy atom. The molecule has 0 saturated carbocycles. The number of rotatable bonds is 5. The van der Waals surface area contributed by atoms with Gasteiger partial charge in [-0.3, -0.25) is 0 Å². The lowest BCUT2D eigenvalue weighted by Crippen LogP contribution is -2.10. The largest absolute Gasteiger partial charge is 0.425 e. The Morgan fingerprint density at radius 1 is 1.14 bits per heavy atom. The first kappa shape index (κ1) is 16.8. The number of sulfone groups is 1. The summed E-state index contributed by atoms with van der Waals surface area (Å²) in [5, 5.41) is 4.28. The van der Waals surface area contributed by atoms with Crippen molar-refractivity contribution in [3.63, 3.8) is 0 Å². The number of thiophene rings is 1. The molecular formula is C14H14F3NO2S2. The van der Waals surface area contributed by atoms with Gasteiger partial charge in [0.05, 0.1) is 5.75 Å². The van der Waals surface area contributed by atoms with Crippen LogP contribution in [0.3, 0.4) is 0 Å². The quantitative estimate of drug-likeness (QED) is 0.890. The van der Waals surface area contributed by atoms with Crippen LogP contribution in [0, 0.1) is 0 Å². The molecule has 8 heteroatoms. The number of anilines is 1. The molecule has 0 radical (unpaired) electrons. The van der Waals surface area contributed by atoms with Crippen LogP contribution in [0.4, 0.5) is 18.9 Å². The summed E-state index contributed by atoms with van der Waals surface area (Å²) in [5.41, 5.74) is 1.20. The smallest absolute Gasteiger partial charge is 0.381 e. The molecule has 0 bridgehead atoms. The molecule has 0 unspecified atom stereocenters. The van der Waals surface area contributed by atoms with Gasteiger partial charge >= 0.3 is 6.18 Å². The zero-order chi connectivity index (χ0) is 16.4. The number of hydrogen-bond acceptors (Lipinski definition) is 4. The third kappa shape index (κ3) is 4.48. The molecule has 0 spiro atoms. The number of nitrogens with one attached hydrogen (secondary N) is 1. The van der Waals surface area contributed by atoms with Crippen molar-refractivity contribution in [2.45, 2.75) is 18.5 Å². The van der Waals surface area contributed by atoms with Gasteiger partial charge in [0.25, 0.3) is 0 Å². The highest BCUT2D eigenvalue weighted by Gasteiger charge is 2.34. The summed E-state index contributed by atoms with van der Waals surface area (Å²) in [6, 6.07) is 8.10. The Labute approximate surface area is 130 Å². The van der Waals surface area contributed by atoms with E-state index < -0.39 is 20.9 Å². The minimum Gasteiger partial charge on any atom is -0.381 e. The molecule has 0 aliphatic heterocycles. The van der Waals surface area contributed by atoms with Crippen LogP contribution in [-0.4, -0.2) is 14.7 Å². The Balaban J connectivity index is 2.18. The van der Waals surface area contributed by atoms with Gasteiger partial charge < -0.3 is 5.32 Å². The molecule has 1 aromatic carbocycles. The first-order valence-corrected chi connectivity index (χ1v) is 9.24. The summed E-state index contributed by atoms with van der Waals surface area (Å²) in [7, 11) is -3.22. The Morgan fingerprint density at radius 3 is 2.45 bits per heavy atom. The fourth-order valence-electron chi connectivity index (χ4n) is 2.02. The summed E-state index contributed by atoms with van der Waals surface area (Å²) in [6.07, 6.45) is -3.26. The predicted molar refractivity (Wildman–Crippen MR) is 81.6 cm³/mol. The van der Waals surface area contributed by atoms with E-state index in [2.05, 4.69) is 5.32 Å². The number of alkyl halides is 3. The first-order valence-electron chi connectivity index (χ1n) is 6.30. The molecule has 120 valence electrons. The van der Waals surface area contributed by atoms with E-state index >= 15 is 0 Å². The van der Waals surface area contributed by atoms with Gasteiger partial charge in [0.2, 0.25) is 0 Å². The van der Waals surface area contributed by atoms with Crippen molar-refractivity contribution in [3.8, 4) is 0 Å². The van der Waals surface area contributed by atoms with Crippen LogP contribution in [0.2, 0.25) is 0 Å². The second-order valence-electron chi connectivity index (χ2n) is 4.85. The molecule has 0 amide bonds. The number of halogens is 3. The molecule has 0 saturated heterocycles. The van der Waals surface area contributed by atoms with E-state index in [1.807, 2.05) is 0 Å². The average Bonchev–Trinajstić information content (AvgIpc) is 2.84. The van der Waals surface area contributed by atoms with Gasteiger partial charge in [-0.2, -0.15) is 13.2 Å². The summed E-state index contributed by atoms with van der Waals surface area (Å²) < 4.78 is 61.2. The predicted octanol–water partition coefficient (Wildman–Crippen LogP) is 3.92. The van der Waals surface area contributed by atoms with E-state index in [9.17, 15) is 21.6 Å². The normalized spacial score (nSPS) is 12.4. The lowest BCUT2D eigenvalue weighted by atomic mass is 10.2. The van der Waals surface area contributed by atoms with Crippen molar-refractivity contribution < 1.29 is 21.6 Å². The summed E-state index contributed by atoms with van der Waals surface area (Å²) in [5.74, 6) is -0.161. The van der Waals surface area contributed by atoms with Crippen LogP contribution in [0.15, 0.2) is 35.7 Å². The van der Waals surface area contributed by atoms with Crippen molar-refractivity contribution in [2.24, 2.45) is 0 Å². The van der Waals surface area contributed by atoms with Crippen LogP contribution < -0.4 is 5.32 Å². The lowest BCUT2D eigenvalue weighted by molar-refractivity contribution is -0.134. The number of para-hydroxylation sites is 1. The first-order chi connectivity index (χ1) is 10.2. The van der Waals surface area contributed by atoms with Crippen LogP contribution >= 0.6 is 11.3 Å². The van der Waals surface area contributed by atoms with Crippen LogP contribution in [0.1, 0.15) is 16.0 Å². The van der Waals surface area contributed by atoms with Crippen LogP contribution in [0.25, 0.3) is 0 Å². The molecule has 0 atom stereocenters. The maximum Gasteiger partial charge on any atom is 0.425 e. The molecule has 1 N–H and O–H groups in total. The topological polar surface area (TPSA) is 46.2 Å². The molecule has 2 aromatic rings. The van der Waals surface area contributed by atoms with E-state index in [0.29, 0.717) is 22.6 Å². The molecule has 3 nitrogen and oxygen atoms in total. The van der Waals surface area contributed by atoms with Crippen molar-refractivity contribution in [1.29, 1.82) is 0 Å². The lowest BCUT2D eigenvalue weighted by Gasteiger charge is -2.13. The minimum atomic E-state index is -4.38. The van der Waals surface area contributed by atoms with Gasteiger partial charge in [-0.05, 0) is 28.6 Å². The van der Waals surface area contributed by atoms with Gasteiger partial charge in [0, 0.05) is 18.5 Å². The van der Waals surface area contributed by atoms with Crippen LogP contribution in [0.5, 0.6) is 0 Å². The minimum absolute atomic E-state index is 0.0148. The Hall–Kier alpha value is -1.54. The van der Waals surface area contributed by atoms with Gasteiger partial charge in [0.15, 0.2) is 9.84 Å². The van der Waals surface area contributed by atoms with E-state index in [0.717, 1.165) is 6.26 Å². The molecule has 0 fully saturated rings. The molecule has 0 aliphatic rings. The van der Waals surface area contributed by atoms with Gasteiger partial charge in [-0.25, -0.2) is 8.42 Å². The molecule has 1 heterocycles. The van der Waals surface area contributed by atoms with Crippen molar-refractivity contribution in [2.75, 3.05) is 11.6 Å². The van der Waals surface area contributed by atoms with Crippen molar-refractivity contribution in [1.82, 2.24) is 0 Å². The molecule has 1 aromatic heterocycles. The highest BCUT2D eigenvalue weighted by atomic mass is 32.2. The molecule has 22 heavy (non-hydrogen) atoms. The molecular weight excluding hydrogens is 335 g/mol. The van der Waals surface area contributed by atoms with E-state index in [4.69, 9.17) is 0 Å². The number of hydrogen-bond donors (Lipinski definition) is 1. The third-order valence-electron chi connectivity index (χ3n) is 2.91. The van der Waals surface area contributed by atoms with Crippen LogP contribution in [-0.2, 0) is 28.3 Å². The van der Waals surface area contributed by atoms with E-state index in [1.165, 1.54) is 11.4 Å². The second-order valence-corrected chi connectivity index (χ2v) is 7.91. The average molecular weight is 349 g/mol. The van der Waals surface area contributed by atoms with E-state index in [1.54, 1.807) is 24.3 Å². The highest BCUT2D eigenvalue weighted by Crippen LogP contribution is 2.36. The molecule has 0 aliphatic carbocycles. The summed E-state index contributed by atoms with van der Waals surface area (Å²) in [6.45, 7) is -0.0148. The highest BCUT2D eigenvalue weighted by molar-refractivity contribution is 7.89. The van der Waals surface area contributed by atoms with E-state index in [-0.39, 0.29) is 17.9 Å². The second kappa shape index (κ2) is 6.29. The maximum absolute atomic E-state index is 12.8. The third-order valence-corrected chi connectivity index (χ3v) is 4.75. The Bertz CT molecular complexity index is 751. The maximum atomic E-state index is 12.8. The standard InChI is InChI=1S/C14H14F3NO2S2/c1-22(19,20)9-11-4-2-3-5-12(11)18-8-10-6-7-21-13(10)14(15,16)17/h2-7,18H,8-9H2,1H3. The monoisotopic (exact) mass is 349 g/mol.